The Morgan fingerprint density at radius 2 is 2.29 bits per heavy atom. The molecule has 0 aromatic heterocycles. The quantitative estimate of drug-likeness (QED) is 0.897. The van der Waals surface area contributed by atoms with Gasteiger partial charge in [-0.3, -0.25) is 0 Å². The van der Waals surface area contributed by atoms with Crippen molar-refractivity contribution in [3.63, 3.8) is 0 Å². The topological polar surface area (TPSA) is 21.3 Å². The maximum atomic E-state index is 13.9. The summed E-state index contributed by atoms with van der Waals surface area (Å²) in [7, 11) is 1.83. The number of likely N-dealkylation sites (N-methyl/N-ethyl adjacent to an activating group) is 1. The van der Waals surface area contributed by atoms with Crippen LogP contribution in [0.2, 0.25) is 5.02 Å². The van der Waals surface area contributed by atoms with Gasteiger partial charge in [0.15, 0.2) is 0 Å². The summed E-state index contributed by atoms with van der Waals surface area (Å²) in [5.41, 5.74) is 0.629. The molecule has 1 aromatic carbocycles. The third kappa shape index (κ3) is 2.97. The van der Waals surface area contributed by atoms with Crippen LogP contribution < -0.4 is 5.32 Å². The lowest BCUT2D eigenvalue weighted by Gasteiger charge is -2.30. The van der Waals surface area contributed by atoms with Crippen LogP contribution in [-0.4, -0.2) is 19.8 Å². The van der Waals surface area contributed by atoms with Gasteiger partial charge in [0, 0.05) is 17.2 Å². The molecule has 2 unspecified atom stereocenters. The number of hydrogen-bond acceptors (Lipinski definition) is 2. The summed E-state index contributed by atoms with van der Waals surface area (Å²) in [6.45, 7) is 0.762. The molecule has 94 valence electrons. The maximum Gasteiger partial charge on any atom is 0.129 e. The van der Waals surface area contributed by atoms with Crippen LogP contribution in [0.1, 0.15) is 30.9 Å². The second-order valence-electron chi connectivity index (χ2n) is 4.34. The van der Waals surface area contributed by atoms with Gasteiger partial charge in [-0.1, -0.05) is 17.7 Å². The first-order chi connectivity index (χ1) is 8.22. The molecule has 1 aliphatic rings. The molecule has 1 aliphatic heterocycles. The fourth-order valence-corrected chi connectivity index (χ4v) is 2.48. The van der Waals surface area contributed by atoms with Crippen LogP contribution in [0.25, 0.3) is 0 Å². The highest BCUT2D eigenvalue weighted by Crippen LogP contribution is 2.28. The highest BCUT2D eigenvalue weighted by atomic mass is 35.5. The van der Waals surface area contributed by atoms with Gasteiger partial charge in [-0.05, 0) is 38.4 Å². The van der Waals surface area contributed by atoms with Crippen LogP contribution >= 0.6 is 11.6 Å². The minimum absolute atomic E-state index is 0.0458. The van der Waals surface area contributed by atoms with E-state index >= 15 is 0 Å². The second-order valence-corrected chi connectivity index (χ2v) is 4.77. The van der Waals surface area contributed by atoms with E-state index in [0.29, 0.717) is 10.6 Å². The van der Waals surface area contributed by atoms with E-state index < -0.39 is 0 Å². The van der Waals surface area contributed by atoms with Crippen molar-refractivity contribution in [2.75, 3.05) is 13.7 Å². The van der Waals surface area contributed by atoms with Crippen molar-refractivity contribution in [3.8, 4) is 0 Å². The van der Waals surface area contributed by atoms with E-state index in [4.69, 9.17) is 16.3 Å². The van der Waals surface area contributed by atoms with Crippen molar-refractivity contribution in [1.82, 2.24) is 5.32 Å². The molecule has 0 saturated carbocycles. The zero-order valence-corrected chi connectivity index (χ0v) is 10.6. The van der Waals surface area contributed by atoms with Gasteiger partial charge in [0.25, 0.3) is 0 Å². The maximum absolute atomic E-state index is 13.9. The van der Waals surface area contributed by atoms with E-state index in [1.807, 2.05) is 7.05 Å². The van der Waals surface area contributed by atoms with Crippen LogP contribution in [0.3, 0.4) is 0 Å². The Hall–Kier alpha value is -0.640. The van der Waals surface area contributed by atoms with Crippen LogP contribution in [-0.2, 0) is 4.74 Å². The zero-order chi connectivity index (χ0) is 12.3. The first-order valence-corrected chi connectivity index (χ1v) is 6.34. The molecular formula is C13H17ClFNO. The molecule has 17 heavy (non-hydrogen) atoms. The average Bonchev–Trinajstić information content (AvgIpc) is 2.34. The minimum Gasteiger partial charge on any atom is -0.376 e. The highest BCUT2D eigenvalue weighted by Gasteiger charge is 2.26. The molecule has 1 aromatic rings. The van der Waals surface area contributed by atoms with Gasteiger partial charge in [0.05, 0.1) is 12.1 Å². The monoisotopic (exact) mass is 257 g/mol. The molecule has 0 amide bonds. The van der Waals surface area contributed by atoms with E-state index in [0.717, 1.165) is 25.9 Å². The number of hydrogen-bond donors (Lipinski definition) is 1. The van der Waals surface area contributed by atoms with E-state index in [2.05, 4.69) is 5.32 Å². The highest BCUT2D eigenvalue weighted by molar-refractivity contribution is 6.30. The third-order valence-corrected chi connectivity index (χ3v) is 3.43. The Kier molecular flexibility index (Phi) is 4.37. The summed E-state index contributed by atoms with van der Waals surface area (Å²) >= 11 is 5.76. The normalized spacial score (nSPS) is 22.4. The number of rotatable bonds is 3. The van der Waals surface area contributed by atoms with Crippen molar-refractivity contribution >= 4 is 11.6 Å². The van der Waals surface area contributed by atoms with Crippen LogP contribution in [0, 0.1) is 5.82 Å². The van der Waals surface area contributed by atoms with Crippen molar-refractivity contribution in [2.24, 2.45) is 0 Å². The predicted molar refractivity (Wildman–Crippen MR) is 66.8 cm³/mol. The molecular weight excluding hydrogens is 241 g/mol. The summed E-state index contributed by atoms with van der Waals surface area (Å²) in [6.07, 6.45) is 3.24. The number of benzene rings is 1. The van der Waals surface area contributed by atoms with E-state index in [9.17, 15) is 4.39 Å². The molecule has 1 heterocycles. The SMILES string of the molecule is CNC(c1ccc(Cl)cc1F)C1CCCCO1. The summed E-state index contributed by atoms with van der Waals surface area (Å²) in [5, 5.41) is 3.56. The van der Waals surface area contributed by atoms with E-state index in [1.165, 1.54) is 6.07 Å². The molecule has 1 fully saturated rings. The van der Waals surface area contributed by atoms with Gasteiger partial charge in [-0.25, -0.2) is 4.39 Å². The van der Waals surface area contributed by atoms with Crippen molar-refractivity contribution in [1.29, 1.82) is 0 Å². The van der Waals surface area contributed by atoms with Crippen LogP contribution in [0.15, 0.2) is 18.2 Å². The number of nitrogens with one attached hydrogen (secondary N) is 1. The van der Waals surface area contributed by atoms with Gasteiger partial charge >= 0.3 is 0 Å². The van der Waals surface area contributed by atoms with Crippen LogP contribution in [0.4, 0.5) is 4.39 Å². The average molecular weight is 258 g/mol. The van der Waals surface area contributed by atoms with Crippen molar-refractivity contribution < 1.29 is 9.13 Å². The lowest BCUT2D eigenvalue weighted by Crippen LogP contribution is -2.34. The molecule has 2 nitrogen and oxygen atoms in total. The Balaban J connectivity index is 2.21. The Labute approximate surface area is 106 Å². The lowest BCUT2D eigenvalue weighted by molar-refractivity contribution is -0.00731. The number of ether oxygens (including phenoxy) is 1. The third-order valence-electron chi connectivity index (χ3n) is 3.20. The molecule has 0 aliphatic carbocycles. The van der Waals surface area contributed by atoms with Crippen LogP contribution in [0.5, 0.6) is 0 Å². The molecule has 2 rings (SSSR count). The number of halogens is 2. The largest absolute Gasteiger partial charge is 0.376 e. The van der Waals surface area contributed by atoms with Crippen molar-refractivity contribution in [3.05, 3.63) is 34.6 Å². The Bertz CT molecular complexity index is 380. The standard InChI is InChI=1S/C13H17ClFNO/c1-16-13(12-4-2-3-7-17-12)10-6-5-9(14)8-11(10)15/h5-6,8,12-13,16H,2-4,7H2,1H3. The predicted octanol–water partition coefficient (Wildman–Crippen LogP) is 3.31. The fourth-order valence-electron chi connectivity index (χ4n) is 2.32. The van der Waals surface area contributed by atoms with Crippen molar-refractivity contribution in [2.45, 2.75) is 31.4 Å². The molecule has 0 spiro atoms. The first-order valence-electron chi connectivity index (χ1n) is 5.96. The lowest BCUT2D eigenvalue weighted by atomic mass is 9.95. The zero-order valence-electron chi connectivity index (χ0n) is 9.88. The summed E-state index contributed by atoms with van der Waals surface area (Å²) in [5.74, 6) is -0.272. The van der Waals surface area contributed by atoms with Gasteiger partial charge in [0.2, 0.25) is 0 Å². The molecule has 2 atom stereocenters. The summed E-state index contributed by atoms with van der Waals surface area (Å²) in [6, 6.07) is 4.70. The molecule has 4 heteroatoms. The minimum atomic E-state index is -0.272. The molecule has 1 N–H and O–H groups in total. The Morgan fingerprint density at radius 3 is 2.88 bits per heavy atom. The van der Waals surface area contributed by atoms with E-state index in [-0.39, 0.29) is 18.0 Å². The van der Waals surface area contributed by atoms with Gasteiger partial charge in [0.1, 0.15) is 5.82 Å². The Morgan fingerprint density at radius 1 is 1.47 bits per heavy atom. The molecule has 0 radical (unpaired) electrons. The fraction of sp³-hybridized carbons (Fsp3) is 0.538. The van der Waals surface area contributed by atoms with Gasteiger partial charge in [-0.2, -0.15) is 0 Å². The summed E-state index contributed by atoms with van der Waals surface area (Å²) < 4.78 is 19.6. The van der Waals surface area contributed by atoms with E-state index in [1.54, 1.807) is 12.1 Å². The molecule has 1 saturated heterocycles. The smallest absolute Gasteiger partial charge is 0.129 e. The second kappa shape index (κ2) is 5.80. The van der Waals surface area contributed by atoms with Gasteiger partial charge in [-0.15, -0.1) is 0 Å². The summed E-state index contributed by atoms with van der Waals surface area (Å²) in [4.78, 5) is 0. The first kappa shape index (κ1) is 12.8. The molecule has 0 bridgehead atoms. The van der Waals surface area contributed by atoms with Gasteiger partial charge < -0.3 is 10.1 Å².